The van der Waals surface area contributed by atoms with Gasteiger partial charge >= 0.3 is 0 Å². The highest BCUT2D eigenvalue weighted by Gasteiger charge is 2.21. The van der Waals surface area contributed by atoms with Gasteiger partial charge in [0.05, 0.1) is 11.6 Å². The first-order chi connectivity index (χ1) is 11.2. The molecule has 2 aliphatic heterocycles. The number of aromatic nitrogens is 3. The Morgan fingerprint density at radius 3 is 3.13 bits per heavy atom. The molecule has 4 rings (SSSR count). The highest BCUT2D eigenvalue weighted by atomic mass is 35.5. The van der Waals surface area contributed by atoms with E-state index in [1.807, 2.05) is 23.7 Å². The summed E-state index contributed by atoms with van der Waals surface area (Å²) in [5.41, 5.74) is 1.10. The summed E-state index contributed by atoms with van der Waals surface area (Å²) in [5, 5.41) is 8.62. The van der Waals surface area contributed by atoms with Crippen LogP contribution in [0, 0.1) is 6.92 Å². The zero-order chi connectivity index (χ0) is 15.8. The van der Waals surface area contributed by atoms with Gasteiger partial charge in [-0.25, -0.2) is 9.67 Å². The molecule has 2 aliphatic rings. The Morgan fingerprint density at radius 1 is 1.35 bits per heavy atom. The summed E-state index contributed by atoms with van der Waals surface area (Å²) in [7, 11) is 0. The first-order valence-electron chi connectivity index (χ1n) is 7.91. The summed E-state index contributed by atoms with van der Waals surface area (Å²) in [5.74, 6) is 3.32. The number of nitrogens with zero attached hydrogens (tertiary/aromatic N) is 3. The maximum Gasteiger partial charge on any atom is 0.179 e. The fourth-order valence-corrected chi connectivity index (χ4v) is 3.42. The molecular weight excluding hydrogens is 316 g/mol. The number of nitrogens with one attached hydrogen (secondary N) is 1. The van der Waals surface area contributed by atoms with Crippen molar-refractivity contribution in [2.45, 2.75) is 38.9 Å². The van der Waals surface area contributed by atoms with Crippen molar-refractivity contribution in [2.75, 3.05) is 13.2 Å². The third-order valence-corrected chi connectivity index (χ3v) is 4.50. The predicted molar refractivity (Wildman–Crippen MR) is 86.1 cm³/mol. The van der Waals surface area contributed by atoms with Gasteiger partial charge in [-0.05, 0) is 31.0 Å². The van der Waals surface area contributed by atoms with E-state index in [1.54, 1.807) is 0 Å². The maximum absolute atomic E-state index is 6.28. The zero-order valence-electron chi connectivity index (χ0n) is 13.0. The fourth-order valence-electron chi connectivity index (χ4n) is 3.13. The Hall–Kier alpha value is -1.79. The zero-order valence-corrected chi connectivity index (χ0v) is 13.8. The monoisotopic (exact) mass is 334 g/mol. The molecule has 0 aliphatic carbocycles. The van der Waals surface area contributed by atoms with Gasteiger partial charge < -0.3 is 14.8 Å². The van der Waals surface area contributed by atoms with Gasteiger partial charge in [-0.3, -0.25) is 0 Å². The number of hydrogen-bond donors (Lipinski definition) is 1. The Morgan fingerprint density at radius 2 is 2.22 bits per heavy atom. The molecule has 2 aromatic rings. The van der Waals surface area contributed by atoms with Crippen LogP contribution in [0.4, 0.5) is 0 Å². The van der Waals surface area contributed by atoms with Crippen LogP contribution in [-0.2, 0) is 19.5 Å². The smallest absolute Gasteiger partial charge is 0.179 e. The van der Waals surface area contributed by atoms with Gasteiger partial charge in [0.15, 0.2) is 11.5 Å². The van der Waals surface area contributed by atoms with E-state index < -0.39 is 0 Å². The van der Waals surface area contributed by atoms with Crippen LogP contribution in [0.15, 0.2) is 12.1 Å². The lowest BCUT2D eigenvalue weighted by molar-refractivity contribution is 0.171. The van der Waals surface area contributed by atoms with Crippen molar-refractivity contribution < 1.29 is 9.47 Å². The highest BCUT2D eigenvalue weighted by Crippen LogP contribution is 2.38. The molecule has 6 nitrogen and oxygen atoms in total. The van der Waals surface area contributed by atoms with Gasteiger partial charge in [0.2, 0.25) is 0 Å². The first kappa shape index (κ1) is 14.8. The number of fused-ring (bicyclic) bond motifs is 2. The average Bonchev–Trinajstić information content (AvgIpc) is 2.92. The number of ether oxygens (including phenoxy) is 2. The molecule has 3 heterocycles. The standard InChI is InChI=1S/C16H19ClN4O2/c1-10-19-15-3-2-12(9-21(15)20-10)18-8-11-6-13(17)16-14(7-11)22-4-5-23-16/h6-7,12,18H,2-5,8-9H2,1H3/t12-/m1/s1. The Kier molecular flexibility index (Phi) is 3.87. The largest absolute Gasteiger partial charge is 0.486 e. The van der Waals surface area contributed by atoms with Crippen LogP contribution in [0.25, 0.3) is 0 Å². The molecule has 1 N–H and O–H groups in total. The van der Waals surface area contributed by atoms with Gasteiger partial charge in [-0.15, -0.1) is 0 Å². The van der Waals surface area contributed by atoms with Crippen molar-refractivity contribution in [1.29, 1.82) is 0 Å². The van der Waals surface area contributed by atoms with E-state index in [4.69, 9.17) is 21.1 Å². The molecule has 0 bridgehead atoms. The van der Waals surface area contributed by atoms with Crippen LogP contribution in [-0.4, -0.2) is 34.0 Å². The lowest BCUT2D eigenvalue weighted by atomic mass is 10.1. The van der Waals surface area contributed by atoms with Crippen LogP contribution in [0.5, 0.6) is 11.5 Å². The van der Waals surface area contributed by atoms with Gasteiger partial charge in [-0.1, -0.05) is 11.6 Å². The van der Waals surface area contributed by atoms with E-state index in [0.29, 0.717) is 30.0 Å². The molecule has 0 spiro atoms. The molecule has 23 heavy (non-hydrogen) atoms. The number of rotatable bonds is 3. The fraction of sp³-hybridized carbons (Fsp3) is 0.500. The minimum atomic E-state index is 0.385. The highest BCUT2D eigenvalue weighted by molar-refractivity contribution is 6.32. The van der Waals surface area contributed by atoms with Crippen LogP contribution >= 0.6 is 11.6 Å². The second kappa shape index (κ2) is 6.02. The third kappa shape index (κ3) is 3.01. The first-order valence-corrected chi connectivity index (χ1v) is 8.28. The normalized spacial score (nSPS) is 19.5. The Bertz CT molecular complexity index is 731. The molecular formula is C16H19ClN4O2. The third-order valence-electron chi connectivity index (χ3n) is 4.22. The summed E-state index contributed by atoms with van der Waals surface area (Å²) >= 11 is 6.28. The van der Waals surface area contributed by atoms with Gasteiger partial charge in [0.1, 0.15) is 24.9 Å². The molecule has 0 saturated carbocycles. The van der Waals surface area contributed by atoms with E-state index in [9.17, 15) is 0 Å². The van der Waals surface area contributed by atoms with Crippen molar-refractivity contribution in [1.82, 2.24) is 20.1 Å². The lowest BCUT2D eigenvalue weighted by Gasteiger charge is -2.24. The topological polar surface area (TPSA) is 61.2 Å². The minimum Gasteiger partial charge on any atom is -0.486 e. The number of hydrogen-bond acceptors (Lipinski definition) is 5. The summed E-state index contributed by atoms with van der Waals surface area (Å²) in [6, 6.07) is 4.33. The van der Waals surface area contributed by atoms with Crippen molar-refractivity contribution in [3.05, 3.63) is 34.4 Å². The van der Waals surface area contributed by atoms with Crippen molar-refractivity contribution >= 4 is 11.6 Å². The van der Waals surface area contributed by atoms with E-state index in [0.717, 1.165) is 48.9 Å². The van der Waals surface area contributed by atoms with E-state index in [2.05, 4.69) is 15.4 Å². The number of aryl methyl sites for hydroxylation is 2. The molecule has 0 amide bonds. The summed E-state index contributed by atoms with van der Waals surface area (Å²) in [4.78, 5) is 4.44. The molecule has 1 atom stereocenters. The molecule has 1 aromatic carbocycles. The van der Waals surface area contributed by atoms with Crippen LogP contribution < -0.4 is 14.8 Å². The van der Waals surface area contributed by atoms with E-state index >= 15 is 0 Å². The molecule has 7 heteroatoms. The molecule has 0 saturated heterocycles. The molecule has 0 radical (unpaired) electrons. The molecule has 0 fully saturated rings. The molecule has 0 unspecified atom stereocenters. The minimum absolute atomic E-state index is 0.385. The molecule has 122 valence electrons. The SMILES string of the molecule is Cc1nc2n(n1)C[C@H](NCc1cc(Cl)c3c(c1)OCCO3)CC2. The number of halogens is 1. The van der Waals surface area contributed by atoms with E-state index in [1.165, 1.54) is 0 Å². The van der Waals surface area contributed by atoms with E-state index in [-0.39, 0.29) is 0 Å². The van der Waals surface area contributed by atoms with Crippen LogP contribution in [0.1, 0.15) is 23.6 Å². The summed E-state index contributed by atoms with van der Waals surface area (Å²) in [6.45, 7) is 4.65. The summed E-state index contributed by atoms with van der Waals surface area (Å²) < 4.78 is 13.2. The quantitative estimate of drug-likeness (QED) is 0.931. The Balaban J connectivity index is 1.43. The second-order valence-electron chi connectivity index (χ2n) is 5.98. The van der Waals surface area contributed by atoms with Gasteiger partial charge in [0, 0.05) is 19.0 Å². The van der Waals surface area contributed by atoms with Crippen molar-refractivity contribution in [3.8, 4) is 11.5 Å². The van der Waals surface area contributed by atoms with Crippen LogP contribution in [0.3, 0.4) is 0 Å². The average molecular weight is 335 g/mol. The molecule has 1 aromatic heterocycles. The lowest BCUT2D eigenvalue weighted by Crippen LogP contribution is -2.37. The summed E-state index contributed by atoms with van der Waals surface area (Å²) in [6.07, 6.45) is 2.02. The number of benzene rings is 1. The second-order valence-corrected chi connectivity index (χ2v) is 6.38. The Labute approximate surface area is 139 Å². The van der Waals surface area contributed by atoms with Crippen LogP contribution in [0.2, 0.25) is 5.02 Å². The van der Waals surface area contributed by atoms with Gasteiger partial charge in [0.25, 0.3) is 0 Å². The van der Waals surface area contributed by atoms with Crippen molar-refractivity contribution in [2.24, 2.45) is 0 Å². The predicted octanol–water partition coefficient (Wildman–Crippen LogP) is 2.12. The maximum atomic E-state index is 6.28. The van der Waals surface area contributed by atoms with Gasteiger partial charge in [-0.2, -0.15) is 5.10 Å². The van der Waals surface area contributed by atoms with Crippen molar-refractivity contribution in [3.63, 3.8) is 0 Å².